The van der Waals surface area contributed by atoms with Crippen LogP contribution in [0.2, 0.25) is 0 Å². The molecule has 1 aromatic heterocycles. The minimum absolute atomic E-state index is 0.0245. The maximum absolute atomic E-state index is 12.8. The van der Waals surface area contributed by atoms with E-state index in [0.717, 1.165) is 4.90 Å². The fraction of sp³-hybridized carbons (Fsp3) is 0.786. The summed E-state index contributed by atoms with van der Waals surface area (Å²) in [5.74, 6) is -0.839. The second-order valence-electron chi connectivity index (χ2n) is 6.65. The highest BCUT2D eigenvalue weighted by atomic mass is 19.4. The highest BCUT2D eigenvalue weighted by molar-refractivity contribution is 5.33. The van der Waals surface area contributed by atoms with Crippen molar-refractivity contribution in [1.29, 1.82) is 0 Å². The predicted octanol–water partition coefficient (Wildman–Crippen LogP) is 3.37. The van der Waals surface area contributed by atoms with Crippen LogP contribution in [0.3, 0.4) is 0 Å². The summed E-state index contributed by atoms with van der Waals surface area (Å²) in [5.41, 5.74) is 0. The van der Waals surface area contributed by atoms with E-state index in [1.165, 1.54) is 0 Å². The first kappa shape index (κ1) is 26.8. The Morgan fingerprint density at radius 1 is 0.606 bits per heavy atom. The molecule has 0 saturated carbocycles. The molecule has 33 heavy (non-hydrogen) atoms. The predicted molar refractivity (Wildman–Crippen MR) is 82.6 cm³/mol. The van der Waals surface area contributed by atoms with Crippen LogP contribution in [0, 0.1) is 0 Å². The van der Waals surface area contributed by atoms with Gasteiger partial charge in [0.25, 0.3) is 12.2 Å². The van der Waals surface area contributed by atoms with E-state index in [2.05, 4.69) is 24.4 Å². The van der Waals surface area contributed by atoms with Crippen molar-refractivity contribution in [1.82, 2.24) is 19.9 Å². The first-order chi connectivity index (χ1) is 14.8. The summed E-state index contributed by atoms with van der Waals surface area (Å²) in [5, 5.41) is 0. The van der Waals surface area contributed by atoms with E-state index in [9.17, 15) is 52.7 Å². The van der Waals surface area contributed by atoms with Gasteiger partial charge in [0, 0.05) is 26.2 Å². The van der Waals surface area contributed by atoms with E-state index in [0.29, 0.717) is 0 Å². The van der Waals surface area contributed by atoms with Crippen LogP contribution < -0.4 is 14.4 Å². The van der Waals surface area contributed by atoms with Gasteiger partial charge in [-0.2, -0.15) is 62.7 Å². The number of piperazine rings is 1. The lowest BCUT2D eigenvalue weighted by atomic mass is 10.3. The first-order valence-corrected chi connectivity index (χ1v) is 8.58. The molecule has 1 aliphatic heterocycles. The van der Waals surface area contributed by atoms with Crippen molar-refractivity contribution in [2.75, 3.05) is 38.1 Å². The topological polar surface area (TPSA) is 63.6 Å². The monoisotopic (exact) mass is 511 g/mol. The Bertz CT molecular complexity index is 721. The summed E-state index contributed by atoms with van der Waals surface area (Å²) in [4.78, 5) is 11.9. The molecule has 0 N–H and O–H groups in total. The minimum atomic E-state index is -6.07. The summed E-state index contributed by atoms with van der Waals surface area (Å²) in [6.07, 6.45) is -33.3. The summed E-state index contributed by atoms with van der Waals surface area (Å²) in [7, 11) is 1.64. The maximum Gasteiger partial charge on any atom is 0.434 e. The lowest BCUT2D eigenvalue weighted by molar-refractivity contribution is -0.302. The van der Waals surface area contributed by atoms with Gasteiger partial charge >= 0.3 is 36.7 Å². The molecule has 1 fully saturated rings. The van der Waals surface area contributed by atoms with Crippen molar-refractivity contribution in [3.63, 3.8) is 0 Å². The Hall–Kier alpha value is -2.47. The number of ether oxygens (including phenoxy) is 2. The number of anilines is 1. The average Bonchev–Trinajstić information content (AvgIpc) is 2.61. The molecular formula is C14H13F12N5O2. The average molecular weight is 511 g/mol. The summed E-state index contributed by atoms with van der Waals surface area (Å²) < 4.78 is 161. The molecule has 0 unspecified atom stereocenters. The Balaban J connectivity index is 2.50. The molecule has 0 spiro atoms. The molecule has 19 heteroatoms. The number of nitrogens with zero attached hydrogens (tertiary/aromatic N) is 5. The molecule has 0 aromatic carbocycles. The van der Waals surface area contributed by atoms with Gasteiger partial charge < -0.3 is 19.3 Å². The third-order valence-corrected chi connectivity index (χ3v) is 4.00. The molecule has 1 aliphatic rings. The molecule has 0 amide bonds. The second-order valence-corrected chi connectivity index (χ2v) is 6.65. The number of alkyl halides is 12. The molecule has 7 nitrogen and oxygen atoms in total. The molecule has 1 aromatic rings. The third-order valence-electron chi connectivity index (χ3n) is 4.00. The molecular weight excluding hydrogens is 498 g/mol. The molecule has 0 atom stereocenters. The van der Waals surface area contributed by atoms with Gasteiger partial charge in [-0.25, -0.2) is 0 Å². The fourth-order valence-corrected chi connectivity index (χ4v) is 2.43. The zero-order chi connectivity index (χ0) is 25.4. The van der Waals surface area contributed by atoms with Gasteiger partial charge in [0.05, 0.1) is 0 Å². The van der Waals surface area contributed by atoms with Crippen molar-refractivity contribution < 1.29 is 62.2 Å². The standard InChI is InChI=1S/C14H13F12N5O2/c1-30-2-4-31(5-3-30)8-27-9(32-6(11(15,16)17)12(18,19)20)29-10(28-8)33-7(13(21,22)23)14(24,25)26/h6-7H,2-5H2,1H3. The highest BCUT2D eigenvalue weighted by Crippen LogP contribution is 2.38. The zero-order valence-corrected chi connectivity index (χ0v) is 16.1. The molecule has 2 heterocycles. The van der Waals surface area contributed by atoms with Crippen LogP contribution in [0.1, 0.15) is 0 Å². The van der Waals surface area contributed by atoms with E-state index in [1.54, 1.807) is 11.9 Å². The van der Waals surface area contributed by atoms with Crippen LogP contribution in [0.15, 0.2) is 0 Å². The van der Waals surface area contributed by atoms with Crippen molar-refractivity contribution in [2.45, 2.75) is 36.9 Å². The van der Waals surface area contributed by atoms with Gasteiger partial charge in [-0.15, -0.1) is 4.98 Å². The van der Waals surface area contributed by atoms with Gasteiger partial charge in [-0.3, -0.25) is 0 Å². The largest absolute Gasteiger partial charge is 0.440 e. The Morgan fingerprint density at radius 2 is 0.939 bits per heavy atom. The first-order valence-electron chi connectivity index (χ1n) is 8.58. The van der Waals surface area contributed by atoms with Crippen LogP contribution in [0.25, 0.3) is 0 Å². The Labute approximate surface area is 176 Å². The van der Waals surface area contributed by atoms with Crippen molar-refractivity contribution in [3.05, 3.63) is 0 Å². The summed E-state index contributed by atoms with van der Waals surface area (Å²) in [6.45, 7) is 0.450. The highest BCUT2D eigenvalue weighted by Gasteiger charge is 2.61. The van der Waals surface area contributed by atoms with E-state index in [4.69, 9.17) is 0 Å². The van der Waals surface area contributed by atoms with Crippen molar-refractivity contribution >= 4 is 5.95 Å². The lowest BCUT2D eigenvalue weighted by Crippen LogP contribution is -2.48. The van der Waals surface area contributed by atoms with E-state index >= 15 is 0 Å². The number of aromatic nitrogens is 3. The second kappa shape index (κ2) is 9.05. The lowest BCUT2D eigenvalue weighted by Gasteiger charge is -2.32. The molecule has 190 valence electrons. The van der Waals surface area contributed by atoms with Gasteiger partial charge in [0.2, 0.25) is 5.95 Å². The van der Waals surface area contributed by atoms with Gasteiger partial charge in [-0.05, 0) is 7.05 Å². The Kier molecular flexibility index (Phi) is 7.35. The number of rotatable bonds is 5. The van der Waals surface area contributed by atoms with Crippen LogP contribution >= 0.6 is 0 Å². The molecule has 0 aliphatic carbocycles. The van der Waals surface area contributed by atoms with E-state index in [-0.39, 0.29) is 26.2 Å². The van der Waals surface area contributed by atoms with E-state index in [1.807, 2.05) is 0 Å². The number of halogens is 12. The number of likely N-dealkylation sites (N-methyl/N-ethyl adjacent to an activating group) is 1. The summed E-state index contributed by atoms with van der Waals surface area (Å²) >= 11 is 0. The number of hydrogen-bond acceptors (Lipinski definition) is 7. The Morgan fingerprint density at radius 3 is 1.24 bits per heavy atom. The fourth-order valence-electron chi connectivity index (χ4n) is 2.43. The number of hydrogen-bond donors (Lipinski definition) is 0. The van der Waals surface area contributed by atoms with Gasteiger partial charge in [0.1, 0.15) is 0 Å². The van der Waals surface area contributed by atoms with Gasteiger partial charge in [-0.1, -0.05) is 0 Å². The smallest absolute Gasteiger partial charge is 0.434 e. The zero-order valence-electron chi connectivity index (χ0n) is 16.1. The molecule has 0 bridgehead atoms. The van der Waals surface area contributed by atoms with Gasteiger partial charge in [0.15, 0.2) is 0 Å². The van der Waals surface area contributed by atoms with Crippen molar-refractivity contribution in [2.24, 2.45) is 0 Å². The van der Waals surface area contributed by atoms with E-state index < -0.39 is 54.9 Å². The van der Waals surface area contributed by atoms with Crippen LogP contribution in [-0.4, -0.2) is 90.0 Å². The van der Waals surface area contributed by atoms with Crippen LogP contribution in [0.4, 0.5) is 58.6 Å². The summed E-state index contributed by atoms with van der Waals surface area (Å²) in [6, 6.07) is -3.67. The van der Waals surface area contributed by atoms with Crippen molar-refractivity contribution in [3.8, 4) is 12.0 Å². The normalized spacial score (nSPS) is 17.1. The van der Waals surface area contributed by atoms with Crippen LogP contribution in [-0.2, 0) is 0 Å². The quantitative estimate of drug-likeness (QED) is 0.562. The molecule has 1 saturated heterocycles. The van der Waals surface area contributed by atoms with Crippen LogP contribution in [0.5, 0.6) is 12.0 Å². The SMILES string of the molecule is CN1CCN(c2nc(OC(C(F)(F)F)C(F)(F)F)nc(OC(C(F)(F)F)C(F)(F)F)n2)CC1. The third kappa shape index (κ3) is 7.26. The molecule has 0 radical (unpaired) electrons. The maximum atomic E-state index is 12.8. The molecule has 2 rings (SSSR count). The minimum Gasteiger partial charge on any atom is -0.440 e.